The second-order valence-electron chi connectivity index (χ2n) is 3.83. The number of allylic oxidation sites excluding steroid dienone is 6. The van der Waals surface area contributed by atoms with Crippen LogP contribution in [0.4, 0.5) is 0 Å². The number of hydrogen-bond donors (Lipinski definition) is 0. The van der Waals surface area contributed by atoms with Crippen LogP contribution in [0, 0.1) is 0 Å². The smallest absolute Gasteiger partial charge is 0.0637 e. The van der Waals surface area contributed by atoms with Crippen molar-refractivity contribution in [2.24, 2.45) is 9.98 Å². The van der Waals surface area contributed by atoms with Crippen molar-refractivity contribution in [2.45, 2.75) is 20.8 Å². The molecule has 0 spiro atoms. The molecule has 100 valence electrons. The van der Waals surface area contributed by atoms with Crippen LogP contribution < -0.4 is 0 Å². The molecule has 0 rings (SSSR count). The average molecular weight is 254 g/mol. The van der Waals surface area contributed by atoms with Crippen LogP contribution in [0.25, 0.3) is 0 Å². The highest BCUT2D eigenvalue weighted by molar-refractivity contribution is 5.72. The van der Waals surface area contributed by atoms with Crippen molar-refractivity contribution in [3.8, 4) is 0 Å². The van der Waals surface area contributed by atoms with E-state index in [2.05, 4.69) is 28.9 Å². The van der Waals surface area contributed by atoms with Crippen LogP contribution in [0.2, 0.25) is 0 Å². The number of nitrogens with zero attached hydrogens (tertiary/aromatic N) is 2. The van der Waals surface area contributed by atoms with Crippen molar-refractivity contribution in [3.63, 3.8) is 0 Å². The fraction of sp³-hybridized carbons (Fsp3) is 0.235. The van der Waals surface area contributed by atoms with Crippen molar-refractivity contribution >= 4 is 12.4 Å². The molecule has 19 heavy (non-hydrogen) atoms. The van der Waals surface area contributed by atoms with E-state index >= 15 is 0 Å². The first kappa shape index (κ1) is 16.8. The van der Waals surface area contributed by atoms with E-state index in [-0.39, 0.29) is 0 Å². The average Bonchev–Trinajstić information content (AvgIpc) is 2.43. The summed E-state index contributed by atoms with van der Waals surface area (Å²) in [6, 6.07) is 0. The minimum atomic E-state index is 0.621. The lowest BCUT2D eigenvalue weighted by Crippen LogP contribution is -1.86. The van der Waals surface area contributed by atoms with Gasteiger partial charge in [-0.15, -0.1) is 5.73 Å². The predicted octanol–water partition coefficient (Wildman–Crippen LogP) is 4.45. The van der Waals surface area contributed by atoms with Gasteiger partial charge in [0.05, 0.1) is 12.2 Å². The molecule has 0 fully saturated rings. The summed E-state index contributed by atoms with van der Waals surface area (Å²) in [7, 11) is 0. The van der Waals surface area contributed by atoms with Gasteiger partial charge < -0.3 is 0 Å². The Labute approximate surface area is 116 Å². The number of aliphatic imine (C=N–C) groups is 2. The summed E-state index contributed by atoms with van der Waals surface area (Å²) in [5.74, 6) is 0. The van der Waals surface area contributed by atoms with Crippen LogP contribution in [-0.2, 0) is 0 Å². The predicted molar refractivity (Wildman–Crippen MR) is 87.0 cm³/mol. The first-order chi connectivity index (χ1) is 9.15. The van der Waals surface area contributed by atoms with Gasteiger partial charge in [-0.05, 0) is 44.7 Å². The molecule has 0 saturated heterocycles. The Morgan fingerprint density at radius 1 is 1.26 bits per heavy atom. The van der Waals surface area contributed by atoms with Gasteiger partial charge in [0.2, 0.25) is 0 Å². The summed E-state index contributed by atoms with van der Waals surface area (Å²) < 4.78 is 0. The molecule has 0 atom stereocenters. The number of hydrogen-bond acceptors (Lipinski definition) is 2. The first-order valence-electron chi connectivity index (χ1n) is 6.16. The Kier molecular flexibility index (Phi) is 9.69. The van der Waals surface area contributed by atoms with Crippen molar-refractivity contribution in [1.82, 2.24) is 0 Å². The first-order valence-corrected chi connectivity index (χ1v) is 6.16. The molecular formula is C17H22N2. The lowest BCUT2D eigenvalue weighted by atomic mass is 10.1. The lowest BCUT2D eigenvalue weighted by Gasteiger charge is -2.00. The van der Waals surface area contributed by atoms with Crippen LogP contribution in [0.15, 0.2) is 76.1 Å². The quantitative estimate of drug-likeness (QED) is 0.364. The van der Waals surface area contributed by atoms with Gasteiger partial charge in [0, 0.05) is 6.21 Å². The van der Waals surface area contributed by atoms with Gasteiger partial charge in [-0.1, -0.05) is 37.0 Å². The molecule has 0 heterocycles. The molecule has 2 nitrogen and oxygen atoms in total. The lowest BCUT2D eigenvalue weighted by molar-refractivity contribution is 1.18. The summed E-state index contributed by atoms with van der Waals surface area (Å²) in [5.41, 5.74) is 5.74. The third-order valence-electron chi connectivity index (χ3n) is 2.30. The fourth-order valence-corrected chi connectivity index (χ4v) is 1.14. The maximum atomic E-state index is 4.37. The number of rotatable bonds is 7. The van der Waals surface area contributed by atoms with Crippen LogP contribution >= 0.6 is 0 Å². The van der Waals surface area contributed by atoms with E-state index < -0.39 is 0 Å². The minimum Gasteiger partial charge on any atom is -0.294 e. The van der Waals surface area contributed by atoms with Crippen molar-refractivity contribution < 1.29 is 0 Å². The monoisotopic (exact) mass is 254 g/mol. The zero-order valence-corrected chi connectivity index (χ0v) is 12.1. The summed E-state index contributed by atoms with van der Waals surface area (Å²) in [4.78, 5) is 8.53. The van der Waals surface area contributed by atoms with Crippen LogP contribution in [-0.4, -0.2) is 19.0 Å². The van der Waals surface area contributed by atoms with E-state index in [1.54, 1.807) is 18.5 Å². The topological polar surface area (TPSA) is 24.7 Å². The Hall–Kier alpha value is -2.18. The van der Waals surface area contributed by atoms with E-state index in [1.807, 2.05) is 45.1 Å². The molecule has 0 unspecified atom stereocenters. The normalized spacial score (nSPS) is 13.9. The van der Waals surface area contributed by atoms with Crippen molar-refractivity contribution in [2.75, 3.05) is 6.54 Å². The van der Waals surface area contributed by atoms with Crippen LogP contribution in [0.5, 0.6) is 0 Å². The van der Waals surface area contributed by atoms with E-state index in [0.29, 0.717) is 6.54 Å². The summed E-state index contributed by atoms with van der Waals surface area (Å²) >= 11 is 0. The molecular weight excluding hydrogens is 232 g/mol. The van der Waals surface area contributed by atoms with Gasteiger partial charge in [0.1, 0.15) is 0 Å². The molecule has 0 N–H and O–H groups in total. The Balaban J connectivity index is 5.16. The largest absolute Gasteiger partial charge is 0.294 e. The van der Waals surface area contributed by atoms with E-state index in [1.165, 1.54) is 0 Å². The van der Waals surface area contributed by atoms with E-state index in [4.69, 9.17) is 0 Å². The van der Waals surface area contributed by atoms with Crippen LogP contribution in [0.3, 0.4) is 0 Å². The Morgan fingerprint density at radius 3 is 2.58 bits per heavy atom. The summed E-state index contributed by atoms with van der Waals surface area (Å²) in [5, 5.41) is 0. The maximum absolute atomic E-state index is 4.37. The van der Waals surface area contributed by atoms with Crippen LogP contribution in [0.1, 0.15) is 20.8 Å². The second kappa shape index (κ2) is 10.9. The SMILES string of the molecule is C=C=C\C=N/C(=C\C/N=C\C)C(/C)=C\C=C(/C)C=C. The standard InChI is InChI=1S/C17H22N2/c1-6-9-13-19-17(12-14-18-8-3)16(5)11-10-15(4)7-2/h7-13H,1-2,14H2,3-5H3/b15-10+,16-11-,17-12-,18-8-,19-13-. The van der Waals surface area contributed by atoms with Gasteiger partial charge in [0.25, 0.3) is 0 Å². The zero-order valence-electron chi connectivity index (χ0n) is 12.1. The molecule has 0 aliphatic rings. The molecule has 0 amide bonds. The molecule has 0 aliphatic heterocycles. The third-order valence-corrected chi connectivity index (χ3v) is 2.30. The Bertz CT molecular complexity index is 479. The third kappa shape index (κ3) is 8.53. The van der Waals surface area contributed by atoms with E-state index in [9.17, 15) is 0 Å². The maximum Gasteiger partial charge on any atom is 0.0637 e. The summed E-state index contributed by atoms with van der Waals surface area (Å²) in [6.45, 7) is 13.8. The molecule has 0 bridgehead atoms. The fourth-order valence-electron chi connectivity index (χ4n) is 1.14. The van der Waals surface area contributed by atoms with Gasteiger partial charge in [-0.2, -0.15) is 0 Å². The highest BCUT2D eigenvalue weighted by Gasteiger charge is 1.95. The highest BCUT2D eigenvalue weighted by Crippen LogP contribution is 2.11. The summed E-state index contributed by atoms with van der Waals surface area (Å²) in [6.07, 6.45) is 13.0. The van der Waals surface area contributed by atoms with E-state index in [0.717, 1.165) is 16.8 Å². The van der Waals surface area contributed by atoms with Gasteiger partial charge in [-0.25, -0.2) is 0 Å². The van der Waals surface area contributed by atoms with Gasteiger partial charge in [0.15, 0.2) is 0 Å². The molecule has 0 aromatic rings. The molecule has 0 saturated carbocycles. The van der Waals surface area contributed by atoms with Gasteiger partial charge >= 0.3 is 0 Å². The van der Waals surface area contributed by atoms with Crippen molar-refractivity contribution in [3.05, 3.63) is 66.1 Å². The molecule has 0 aromatic carbocycles. The molecule has 0 aliphatic carbocycles. The second-order valence-corrected chi connectivity index (χ2v) is 3.83. The molecule has 0 radical (unpaired) electrons. The zero-order chi connectivity index (χ0) is 14.5. The highest BCUT2D eigenvalue weighted by atomic mass is 14.7. The minimum absolute atomic E-state index is 0.621. The van der Waals surface area contributed by atoms with Crippen molar-refractivity contribution in [1.29, 1.82) is 0 Å². The Morgan fingerprint density at radius 2 is 2.00 bits per heavy atom. The molecule has 0 aromatic heterocycles. The van der Waals surface area contributed by atoms with Gasteiger partial charge in [-0.3, -0.25) is 9.98 Å². The molecule has 2 heteroatoms.